The minimum atomic E-state index is -1.13. The molecule has 0 N–H and O–H groups in total. The SMILES string of the molecule is CCCCOc1c(C(=O)ON2C(=O)CCC2=O)occc1=O. The molecule has 0 spiro atoms. The van der Waals surface area contributed by atoms with Gasteiger partial charge in [0, 0.05) is 18.9 Å². The largest absolute Gasteiger partial charge is 0.486 e. The van der Waals surface area contributed by atoms with Crippen molar-refractivity contribution in [2.75, 3.05) is 6.61 Å². The third-order valence-corrected chi connectivity index (χ3v) is 2.94. The van der Waals surface area contributed by atoms with Gasteiger partial charge in [-0.3, -0.25) is 14.4 Å². The molecule has 22 heavy (non-hydrogen) atoms. The molecule has 2 rings (SSSR count). The Morgan fingerprint density at radius 3 is 2.59 bits per heavy atom. The van der Waals surface area contributed by atoms with E-state index in [4.69, 9.17) is 14.0 Å². The summed E-state index contributed by atoms with van der Waals surface area (Å²) in [5, 5.41) is 0.380. The number of nitrogens with zero attached hydrogens (tertiary/aromatic N) is 1. The van der Waals surface area contributed by atoms with E-state index in [-0.39, 0.29) is 25.2 Å². The van der Waals surface area contributed by atoms with Crippen molar-refractivity contribution in [1.82, 2.24) is 5.06 Å². The first-order chi connectivity index (χ1) is 10.5. The molecule has 0 radical (unpaired) electrons. The molecule has 0 aliphatic carbocycles. The van der Waals surface area contributed by atoms with Crippen LogP contribution in [0.1, 0.15) is 43.2 Å². The van der Waals surface area contributed by atoms with E-state index in [0.29, 0.717) is 11.5 Å². The fourth-order valence-electron chi connectivity index (χ4n) is 1.78. The van der Waals surface area contributed by atoms with Gasteiger partial charge in [0.2, 0.25) is 11.2 Å². The van der Waals surface area contributed by atoms with Crippen LogP contribution in [0.25, 0.3) is 0 Å². The third kappa shape index (κ3) is 3.33. The molecule has 0 unspecified atom stereocenters. The Morgan fingerprint density at radius 1 is 1.27 bits per heavy atom. The summed E-state index contributed by atoms with van der Waals surface area (Å²) in [5.74, 6) is -3.14. The maximum absolute atomic E-state index is 12.0. The lowest BCUT2D eigenvalue weighted by Gasteiger charge is -2.13. The number of carbonyl (C=O) groups excluding carboxylic acids is 3. The summed E-state index contributed by atoms with van der Waals surface area (Å²) in [4.78, 5) is 51.3. The standard InChI is InChI=1S/C14H15NO7/c1-2-3-7-20-12-9(16)6-8-21-13(12)14(19)22-15-10(17)4-5-11(15)18/h6,8H,2-5,7H2,1H3. The quantitative estimate of drug-likeness (QED) is 0.571. The number of unbranched alkanes of at least 4 members (excludes halogenated alkanes) is 1. The van der Waals surface area contributed by atoms with Crippen molar-refractivity contribution in [2.45, 2.75) is 32.6 Å². The van der Waals surface area contributed by atoms with Crippen molar-refractivity contribution < 1.29 is 28.4 Å². The van der Waals surface area contributed by atoms with Crippen molar-refractivity contribution in [1.29, 1.82) is 0 Å². The summed E-state index contributed by atoms with van der Waals surface area (Å²) in [6, 6.07) is 1.10. The molecule has 1 fully saturated rings. The van der Waals surface area contributed by atoms with E-state index in [2.05, 4.69) is 0 Å². The van der Waals surface area contributed by atoms with E-state index in [1.807, 2.05) is 6.92 Å². The van der Waals surface area contributed by atoms with Gasteiger partial charge in [0.15, 0.2) is 0 Å². The van der Waals surface area contributed by atoms with E-state index in [1.165, 1.54) is 0 Å². The van der Waals surface area contributed by atoms with E-state index in [1.54, 1.807) is 0 Å². The molecule has 0 bridgehead atoms. The van der Waals surface area contributed by atoms with Crippen LogP contribution >= 0.6 is 0 Å². The van der Waals surface area contributed by atoms with Gasteiger partial charge in [-0.2, -0.15) is 0 Å². The Kier molecular flexibility index (Phi) is 4.92. The van der Waals surface area contributed by atoms with Crippen LogP contribution in [0.2, 0.25) is 0 Å². The number of hydroxylamine groups is 2. The van der Waals surface area contributed by atoms with Crippen LogP contribution in [-0.4, -0.2) is 29.5 Å². The van der Waals surface area contributed by atoms with Gasteiger partial charge < -0.3 is 14.0 Å². The van der Waals surface area contributed by atoms with E-state index >= 15 is 0 Å². The first-order valence-electron chi connectivity index (χ1n) is 6.87. The zero-order valence-corrected chi connectivity index (χ0v) is 12.0. The summed E-state index contributed by atoms with van der Waals surface area (Å²) >= 11 is 0. The maximum Gasteiger partial charge on any atom is 0.403 e. The van der Waals surface area contributed by atoms with Gasteiger partial charge in [0.05, 0.1) is 12.9 Å². The van der Waals surface area contributed by atoms with Gasteiger partial charge in [0.25, 0.3) is 17.6 Å². The molecule has 8 nitrogen and oxygen atoms in total. The van der Waals surface area contributed by atoms with Gasteiger partial charge in [-0.25, -0.2) is 4.79 Å². The Balaban J connectivity index is 2.18. The monoisotopic (exact) mass is 309 g/mol. The molecular formula is C14H15NO7. The lowest BCUT2D eigenvalue weighted by atomic mass is 10.3. The van der Waals surface area contributed by atoms with Gasteiger partial charge in [-0.05, 0) is 6.42 Å². The van der Waals surface area contributed by atoms with Crippen LogP contribution in [0.15, 0.2) is 21.5 Å². The minimum absolute atomic E-state index is 0.0231. The second-order valence-electron chi connectivity index (χ2n) is 4.61. The number of hydrogen-bond acceptors (Lipinski definition) is 7. The van der Waals surface area contributed by atoms with Crippen molar-refractivity contribution in [3.8, 4) is 5.75 Å². The highest BCUT2D eigenvalue weighted by Gasteiger charge is 2.34. The molecule has 0 saturated carbocycles. The Hall–Kier alpha value is -2.64. The van der Waals surface area contributed by atoms with E-state index in [0.717, 1.165) is 18.8 Å². The van der Waals surface area contributed by atoms with E-state index < -0.39 is 29.0 Å². The molecular weight excluding hydrogens is 294 g/mol. The predicted molar refractivity (Wildman–Crippen MR) is 71.9 cm³/mol. The third-order valence-electron chi connectivity index (χ3n) is 2.94. The molecule has 1 aliphatic rings. The number of rotatable bonds is 6. The number of hydrogen-bond donors (Lipinski definition) is 0. The van der Waals surface area contributed by atoms with Crippen molar-refractivity contribution in [3.05, 3.63) is 28.3 Å². The van der Waals surface area contributed by atoms with Crippen molar-refractivity contribution in [2.24, 2.45) is 0 Å². The average molecular weight is 309 g/mol. The zero-order valence-electron chi connectivity index (χ0n) is 12.0. The second kappa shape index (κ2) is 6.88. The summed E-state index contributed by atoms with van der Waals surface area (Å²) in [6.45, 7) is 2.17. The highest BCUT2D eigenvalue weighted by molar-refractivity contribution is 6.02. The molecule has 8 heteroatoms. The van der Waals surface area contributed by atoms with Crippen LogP contribution in [0.3, 0.4) is 0 Å². The van der Waals surface area contributed by atoms with E-state index in [9.17, 15) is 19.2 Å². The summed E-state index contributed by atoms with van der Waals surface area (Å²) in [5.41, 5.74) is -0.548. The fraction of sp³-hybridized carbons (Fsp3) is 0.429. The normalized spacial score (nSPS) is 14.3. The molecule has 1 saturated heterocycles. The zero-order chi connectivity index (χ0) is 16.1. The molecule has 1 aliphatic heterocycles. The maximum atomic E-state index is 12.0. The summed E-state index contributed by atoms with van der Waals surface area (Å²) in [6.07, 6.45) is 2.50. The molecule has 2 heterocycles. The molecule has 0 aromatic carbocycles. The van der Waals surface area contributed by atoms with Crippen LogP contribution in [0.4, 0.5) is 0 Å². The fourth-order valence-corrected chi connectivity index (χ4v) is 1.78. The Labute approximate surface area is 125 Å². The summed E-state index contributed by atoms with van der Waals surface area (Å²) < 4.78 is 10.2. The van der Waals surface area contributed by atoms with Crippen molar-refractivity contribution >= 4 is 17.8 Å². The van der Waals surface area contributed by atoms with Crippen LogP contribution in [-0.2, 0) is 14.4 Å². The highest BCUT2D eigenvalue weighted by atomic mass is 16.7. The van der Waals surface area contributed by atoms with Crippen LogP contribution in [0.5, 0.6) is 5.75 Å². The van der Waals surface area contributed by atoms with Gasteiger partial charge >= 0.3 is 5.97 Å². The van der Waals surface area contributed by atoms with Gasteiger partial charge in [-0.1, -0.05) is 13.3 Å². The number of ether oxygens (including phenoxy) is 1. The molecule has 1 aromatic rings. The molecule has 0 atom stereocenters. The Morgan fingerprint density at radius 2 is 1.95 bits per heavy atom. The smallest absolute Gasteiger partial charge is 0.403 e. The van der Waals surface area contributed by atoms with Crippen LogP contribution in [0, 0.1) is 0 Å². The minimum Gasteiger partial charge on any atom is -0.486 e. The van der Waals surface area contributed by atoms with Crippen LogP contribution < -0.4 is 10.2 Å². The molecule has 118 valence electrons. The Bertz CT molecular complexity index is 633. The summed E-state index contributed by atoms with van der Waals surface area (Å²) in [7, 11) is 0. The highest BCUT2D eigenvalue weighted by Crippen LogP contribution is 2.18. The first-order valence-corrected chi connectivity index (χ1v) is 6.87. The van der Waals surface area contributed by atoms with Gasteiger partial charge in [-0.15, -0.1) is 5.06 Å². The number of carbonyl (C=O) groups is 3. The molecule has 2 amide bonds. The van der Waals surface area contributed by atoms with Gasteiger partial charge in [0.1, 0.15) is 0 Å². The number of imide groups is 1. The molecule has 1 aromatic heterocycles. The lowest BCUT2D eigenvalue weighted by molar-refractivity contribution is -0.173. The lowest BCUT2D eigenvalue weighted by Crippen LogP contribution is -2.32. The number of amides is 2. The topological polar surface area (TPSA) is 103 Å². The van der Waals surface area contributed by atoms with Crippen molar-refractivity contribution in [3.63, 3.8) is 0 Å². The first kappa shape index (κ1) is 15.7. The second-order valence-corrected chi connectivity index (χ2v) is 4.61. The average Bonchev–Trinajstić information content (AvgIpc) is 2.80. The predicted octanol–water partition coefficient (Wildman–Crippen LogP) is 1.04.